The monoisotopic (exact) mass is 414 g/mol. The first-order valence-electron chi connectivity index (χ1n) is 8.44. The summed E-state index contributed by atoms with van der Waals surface area (Å²) >= 11 is 3.45. The number of anilines is 1. The highest BCUT2D eigenvalue weighted by molar-refractivity contribution is 9.10. The Bertz CT molecular complexity index is 848. The minimum atomic E-state index is -0.664. The van der Waals surface area contributed by atoms with E-state index in [1.165, 1.54) is 6.92 Å². The number of halogens is 1. The molecule has 0 aromatic heterocycles. The molecule has 1 heterocycles. The van der Waals surface area contributed by atoms with Crippen molar-refractivity contribution in [1.29, 1.82) is 0 Å². The van der Waals surface area contributed by atoms with Crippen molar-refractivity contribution in [3.05, 3.63) is 64.1 Å². The Hall–Kier alpha value is -2.47. The number of Topliss-reactive ketones (excluding diaryl/α,β-unsaturated/α-hetero) is 1. The van der Waals surface area contributed by atoms with E-state index in [4.69, 9.17) is 0 Å². The van der Waals surface area contributed by atoms with E-state index in [1.54, 1.807) is 29.2 Å². The lowest BCUT2D eigenvalue weighted by Gasteiger charge is -2.24. The Morgan fingerprint density at radius 2 is 1.85 bits per heavy atom. The molecule has 1 fully saturated rings. The molecule has 5 nitrogen and oxygen atoms in total. The predicted octanol–water partition coefficient (Wildman–Crippen LogP) is 3.95. The maximum atomic E-state index is 12.6. The number of nitrogens with zero attached hydrogens (tertiary/aromatic N) is 1. The van der Waals surface area contributed by atoms with Gasteiger partial charge in [-0.2, -0.15) is 0 Å². The molecule has 26 heavy (non-hydrogen) atoms. The number of carbonyl (C=O) groups is 3. The molecule has 0 spiro atoms. The Balaban J connectivity index is 1.71. The van der Waals surface area contributed by atoms with Crippen molar-refractivity contribution >= 4 is 39.2 Å². The van der Waals surface area contributed by atoms with Gasteiger partial charge in [0.2, 0.25) is 0 Å². The summed E-state index contributed by atoms with van der Waals surface area (Å²) in [6.45, 7) is 2.04. The van der Waals surface area contributed by atoms with Crippen molar-refractivity contribution in [2.45, 2.75) is 25.8 Å². The van der Waals surface area contributed by atoms with Gasteiger partial charge in [0.25, 0.3) is 0 Å². The predicted molar refractivity (Wildman–Crippen MR) is 103 cm³/mol. The van der Waals surface area contributed by atoms with Crippen LogP contribution in [0.15, 0.2) is 53.0 Å². The summed E-state index contributed by atoms with van der Waals surface area (Å²) in [6.07, 6.45) is 1.70. The van der Waals surface area contributed by atoms with E-state index < -0.39 is 11.8 Å². The van der Waals surface area contributed by atoms with Gasteiger partial charge in [0.05, 0.1) is 6.04 Å². The standard InChI is InChI=1S/C20H19BrN2O3/c1-13(24)14-7-9-17(10-8-14)22-19(25)20(26)23-11-3-6-18(23)15-4-2-5-16(21)12-15/h2,4-5,7-10,12,18H,3,6,11H2,1H3,(H,22,25). The van der Waals surface area contributed by atoms with Crippen LogP contribution in [-0.2, 0) is 9.59 Å². The van der Waals surface area contributed by atoms with Crippen LogP contribution in [0.1, 0.15) is 41.7 Å². The normalized spacial score (nSPS) is 16.4. The topological polar surface area (TPSA) is 66.5 Å². The molecule has 1 saturated heterocycles. The fourth-order valence-corrected chi connectivity index (χ4v) is 3.59. The fourth-order valence-electron chi connectivity index (χ4n) is 3.17. The number of benzene rings is 2. The van der Waals surface area contributed by atoms with E-state index in [9.17, 15) is 14.4 Å². The van der Waals surface area contributed by atoms with Gasteiger partial charge in [0, 0.05) is 22.3 Å². The van der Waals surface area contributed by atoms with Crippen LogP contribution in [0.3, 0.4) is 0 Å². The van der Waals surface area contributed by atoms with Gasteiger partial charge in [-0.3, -0.25) is 14.4 Å². The number of likely N-dealkylation sites (tertiary alicyclic amines) is 1. The molecule has 1 aliphatic rings. The smallest absolute Gasteiger partial charge is 0.313 e. The highest BCUT2D eigenvalue weighted by Crippen LogP contribution is 2.33. The molecule has 1 atom stereocenters. The number of ketones is 1. The van der Waals surface area contributed by atoms with Gasteiger partial charge in [-0.05, 0) is 61.7 Å². The summed E-state index contributed by atoms with van der Waals surface area (Å²) in [5.74, 6) is -1.25. The summed E-state index contributed by atoms with van der Waals surface area (Å²) in [6, 6.07) is 14.2. The lowest BCUT2D eigenvalue weighted by atomic mass is 10.0. The van der Waals surface area contributed by atoms with E-state index in [0.717, 1.165) is 22.9 Å². The van der Waals surface area contributed by atoms with Gasteiger partial charge >= 0.3 is 11.8 Å². The average Bonchev–Trinajstić information content (AvgIpc) is 3.11. The van der Waals surface area contributed by atoms with Gasteiger partial charge in [-0.25, -0.2) is 0 Å². The largest absolute Gasteiger partial charge is 0.327 e. The lowest BCUT2D eigenvalue weighted by molar-refractivity contribution is -0.143. The number of nitrogens with one attached hydrogen (secondary N) is 1. The fraction of sp³-hybridized carbons (Fsp3) is 0.250. The molecule has 2 aromatic carbocycles. The molecule has 0 radical (unpaired) electrons. The van der Waals surface area contributed by atoms with Crippen LogP contribution >= 0.6 is 15.9 Å². The molecule has 0 bridgehead atoms. The zero-order chi connectivity index (χ0) is 18.7. The van der Waals surface area contributed by atoms with Gasteiger partial charge in [-0.15, -0.1) is 0 Å². The Morgan fingerprint density at radius 3 is 2.50 bits per heavy atom. The van der Waals surface area contributed by atoms with Crippen molar-refractivity contribution < 1.29 is 14.4 Å². The summed E-state index contributed by atoms with van der Waals surface area (Å²) in [4.78, 5) is 38.0. The molecular formula is C20H19BrN2O3. The molecular weight excluding hydrogens is 396 g/mol. The number of amides is 2. The Kier molecular flexibility index (Phi) is 5.52. The molecule has 1 unspecified atom stereocenters. The van der Waals surface area contributed by atoms with Crippen LogP contribution in [0.4, 0.5) is 5.69 Å². The molecule has 1 N–H and O–H groups in total. The second-order valence-electron chi connectivity index (χ2n) is 6.30. The van der Waals surface area contributed by atoms with Crippen LogP contribution in [0.2, 0.25) is 0 Å². The first-order valence-corrected chi connectivity index (χ1v) is 9.23. The van der Waals surface area contributed by atoms with E-state index in [-0.39, 0.29) is 11.8 Å². The molecule has 0 saturated carbocycles. The van der Waals surface area contributed by atoms with E-state index in [2.05, 4.69) is 21.2 Å². The van der Waals surface area contributed by atoms with Crippen LogP contribution in [-0.4, -0.2) is 29.0 Å². The number of carbonyl (C=O) groups excluding carboxylic acids is 3. The third-order valence-corrected chi connectivity index (χ3v) is 4.98. The van der Waals surface area contributed by atoms with Crippen LogP contribution < -0.4 is 5.32 Å². The van der Waals surface area contributed by atoms with Gasteiger partial charge in [0.15, 0.2) is 5.78 Å². The van der Waals surface area contributed by atoms with Crippen LogP contribution in [0, 0.1) is 0 Å². The van der Waals surface area contributed by atoms with Crippen molar-refractivity contribution in [3.8, 4) is 0 Å². The summed E-state index contributed by atoms with van der Waals surface area (Å²) < 4.78 is 0.948. The number of hydrogen-bond acceptors (Lipinski definition) is 3. The summed E-state index contributed by atoms with van der Waals surface area (Å²) in [5.41, 5.74) is 2.07. The zero-order valence-corrected chi connectivity index (χ0v) is 16.0. The van der Waals surface area contributed by atoms with Crippen molar-refractivity contribution in [2.75, 3.05) is 11.9 Å². The molecule has 6 heteroatoms. The maximum Gasteiger partial charge on any atom is 0.313 e. The van der Waals surface area contributed by atoms with Crippen LogP contribution in [0.25, 0.3) is 0 Å². The number of rotatable bonds is 3. The molecule has 1 aliphatic heterocycles. The first kappa shape index (κ1) is 18.3. The minimum absolute atomic E-state index is 0.0483. The zero-order valence-electron chi connectivity index (χ0n) is 14.4. The van der Waals surface area contributed by atoms with Crippen molar-refractivity contribution in [1.82, 2.24) is 4.90 Å². The second-order valence-corrected chi connectivity index (χ2v) is 7.21. The Labute approximate surface area is 160 Å². The molecule has 3 rings (SSSR count). The molecule has 2 amide bonds. The third-order valence-electron chi connectivity index (χ3n) is 4.49. The molecule has 2 aromatic rings. The average molecular weight is 415 g/mol. The number of hydrogen-bond donors (Lipinski definition) is 1. The summed E-state index contributed by atoms with van der Waals surface area (Å²) in [7, 11) is 0. The van der Waals surface area contributed by atoms with Crippen LogP contribution in [0.5, 0.6) is 0 Å². The van der Waals surface area contributed by atoms with Gasteiger partial charge < -0.3 is 10.2 Å². The quantitative estimate of drug-likeness (QED) is 0.610. The summed E-state index contributed by atoms with van der Waals surface area (Å²) in [5, 5.41) is 2.62. The van der Waals surface area contributed by atoms with E-state index in [0.29, 0.717) is 17.8 Å². The van der Waals surface area contributed by atoms with Gasteiger partial charge in [-0.1, -0.05) is 28.1 Å². The minimum Gasteiger partial charge on any atom is -0.327 e. The molecule has 0 aliphatic carbocycles. The van der Waals surface area contributed by atoms with Crippen molar-refractivity contribution in [3.63, 3.8) is 0 Å². The van der Waals surface area contributed by atoms with Crippen molar-refractivity contribution in [2.24, 2.45) is 0 Å². The molecule has 134 valence electrons. The first-order chi connectivity index (χ1) is 12.5. The SMILES string of the molecule is CC(=O)c1ccc(NC(=O)C(=O)N2CCCC2c2cccc(Br)c2)cc1. The third kappa shape index (κ3) is 4.02. The van der Waals surface area contributed by atoms with E-state index in [1.807, 2.05) is 24.3 Å². The highest BCUT2D eigenvalue weighted by Gasteiger charge is 2.33. The Morgan fingerprint density at radius 1 is 1.12 bits per heavy atom. The second kappa shape index (κ2) is 7.83. The maximum absolute atomic E-state index is 12.6. The van der Waals surface area contributed by atoms with Gasteiger partial charge in [0.1, 0.15) is 0 Å². The lowest BCUT2D eigenvalue weighted by Crippen LogP contribution is -2.39. The van der Waals surface area contributed by atoms with E-state index >= 15 is 0 Å². The highest BCUT2D eigenvalue weighted by atomic mass is 79.9.